The van der Waals surface area contributed by atoms with Gasteiger partial charge in [0.2, 0.25) is 0 Å². The summed E-state index contributed by atoms with van der Waals surface area (Å²) in [7, 11) is 0. The maximum Gasteiger partial charge on any atom is 0.126 e. The Bertz CT molecular complexity index is 323. The standard InChI is InChI=1S/C13H19BrN2/c1-2-10-5-3-4-6-12(10)16-13-8-7-11(14)9-15-13/h7-10,12H,2-6H2,1H3,(H,15,16). The number of hydrogen-bond acceptors (Lipinski definition) is 2. The molecule has 2 rings (SSSR count). The molecule has 1 fully saturated rings. The molecule has 0 bridgehead atoms. The number of aromatic nitrogens is 1. The maximum atomic E-state index is 4.38. The van der Waals surface area contributed by atoms with Crippen LogP contribution in [-0.4, -0.2) is 11.0 Å². The predicted octanol–water partition coefficient (Wildman–Crippen LogP) is 4.22. The Morgan fingerprint density at radius 2 is 2.19 bits per heavy atom. The summed E-state index contributed by atoms with van der Waals surface area (Å²) >= 11 is 3.41. The van der Waals surface area contributed by atoms with Crippen LogP contribution >= 0.6 is 15.9 Å². The molecule has 2 unspecified atom stereocenters. The van der Waals surface area contributed by atoms with Crippen LogP contribution in [0.5, 0.6) is 0 Å². The zero-order valence-electron chi connectivity index (χ0n) is 9.75. The van der Waals surface area contributed by atoms with Crippen LogP contribution in [0.1, 0.15) is 39.0 Å². The third-order valence-electron chi connectivity index (χ3n) is 3.49. The summed E-state index contributed by atoms with van der Waals surface area (Å²) in [5.41, 5.74) is 0. The molecule has 88 valence electrons. The highest BCUT2D eigenvalue weighted by Gasteiger charge is 2.23. The van der Waals surface area contributed by atoms with Crippen molar-refractivity contribution >= 4 is 21.7 Å². The van der Waals surface area contributed by atoms with Gasteiger partial charge in [-0.3, -0.25) is 0 Å². The van der Waals surface area contributed by atoms with Crippen LogP contribution in [0.3, 0.4) is 0 Å². The first-order chi connectivity index (χ1) is 7.79. The number of halogens is 1. The fourth-order valence-electron chi connectivity index (χ4n) is 2.54. The zero-order valence-corrected chi connectivity index (χ0v) is 11.3. The van der Waals surface area contributed by atoms with Gasteiger partial charge in [-0.25, -0.2) is 4.98 Å². The first-order valence-electron chi connectivity index (χ1n) is 6.17. The Morgan fingerprint density at radius 1 is 1.38 bits per heavy atom. The third-order valence-corrected chi connectivity index (χ3v) is 3.96. The third kappa shape index (κ3) is 2.97. The Kier molecular flexibility index (Phi) is 4.22. The number of nitrogens with zero attached hydrogens (tertiary/aromatic N) is 1. The lowest BCUT2D eigenvalue weighted by molar-refractivity contribution is 0.317. The molecular weight excluding hydrogens is 264 g/mol. The van der Waals surface area contributed by atoms with Gasteiger partial charge >= 0.3 is 0 Å². The lowest BCUT2D eigenvalue weighted by Gasteiger charge is -2.31. The van der Waals surface area contributed by atoms with Crippen molar-refractivity contribution in [1.82, 2.24) is 4.98 Å². The Hall–Kier alpha value is -0.570. The quantitative estimate of drug-likeness (QED) is 0.898. The summed E-state index contributed by atoms with van der Waals surface area (Å²) in [6, 6.07) is 4.71. The van der Waals surface area contributed by atoms with Gasteiger partial charge in [-0.2, -0.15) is 0 Å². The van der Waals surface area contributed by atoms with E-state index in [9.17, 15) is 0 Å². The lowest BCUT2D eigenvalue weighted by Crippen LogP contribution is -2.32. The lowest BCUT2D eigenvalue weighted by atomic mass is 9.83. The van der Waals surface area contributed by atoms with Crippen LogP contribution in [0, 0.1) is 5.92 Å². The van der Waals surface area contributed by atoms with E-state index in [2.05, 4.69) is 33.2 Å². The second-order valence-corrected chi connectivity index (χ2v) is 5.48. The minimum absolute atomic E-state index is 0.618. The van der Waals surface area contributed by atoms with E-state index in [1.165, 1.54) is 32.1 Å². The van der Waals surface area contributed by atoms with Crippen LogP contribution in [0.15, 0.2) is 22.8 Å². The summed E-state index contributed by atoms with van der Waals surface area (Å²) in [5, 5.41) is 3.58. The van der Waals surface area contributed by atoms with Crippen LogP contribution in [0.25, 0.3) is 0 Å². The highest BCUT2D eigenvalue weighted by Crippen LogP contribution is 2.29. The fourth-order valence-corrected chi connectivity index (χ4v) is 2.77. The highest BCUT2D eigenvalue weighted by molar-refractivity contribution is 9.10. The Morgan fingerprint density at radius 3 is 2.88 bits per heavy atom. The van der Waals surface area contributed by atoms with Gasteiger partial charge in [-0.1, -0.05) is 26.2 Å². The normalized spacial score (nSPS) is 25.4. The molecule has 16 heavy (non-hydrogen) atoms. The number of pyridine rings is 1. The van der Waals surface area contributed by atoms with E-state index in [1.54, 1.807) is 0 Å². The molecule has 3 heteroatoms. The summed E-state index contributed by atoms with van der Waals surface area (Å²) in [4.78, 5) is 4.38. The molecule has 0 aliphatic heterocycles. The summed E-state index contributed by atoms with van der Waals surface area (Å²) in [5.74, 6) is 1.83. The molecule has 0 spiro atoms. The van der Waals surface area contributed by atoms with Gasteiger partial charge in [0.1, 0.15) is 5.82 Å². The molecule has 1 saturated carbocycles. The number of nitrogens with one attached hydrogen (secondary N) is 1. The van der Waals surface area contributed by atoms with Gasteiger partial charge < -0.3 is 5.32 Å². The second-order valence-electron chi connectivity index (χ2n) is 4.57. The van der Waals surface area contributed by atoms with Gasteiger partial charge in [-0.15, -0.1) is 0 Å². The molecule has 2 nitrogen and oxygen atoms in total. The van der Waals surface area contributed by atoms with Gasteiger partial charge in [0, 0.05) is 16.7 Å². The van der Waals surface area contributed by atoms with Crippen molar-refractivity contribution < 1.29 is 0 Å². The van der Waals surface area contributed by atoms with Crippen LogP contribution in [0.4, 0.5) is 5.82 Å². The van der Waals surface area contributed by atoms with E-state index < -0.39 is 0 Å². The Labute approximate surface area is 106 Å². The zero-order chi connectivity index (χ0) is 11.4. The van der Waals surface area contributed by atoms with E-state index in [0.29, 0.717) is 6.04 Å². The smallest absolute Gasteiger partial charge is 0.126 e. The topological polar surface area (TPSA) is 24.9 Å². The minimum atomic E-state index is 0.618. The van der Waals surface area contributed by atoms with Crippen molar-refractivity contribution in [2.75, 3.05) is 5.32 Å². The molecule has 1 aromatic heterocycles. The van der Waals surface area contributed by atoms with Gasteiger partial charge in [-0.05, 0) is 46.8 Å². The number of rotatable bonds is 3. The van der Waals surface area contributed by atoms with Crippen molar-refractivity contribution in [2.24, 2.45) is 5.92 Å². The second kappa shape index (κ2) is 5.67. The van der Waals surface area contributed by atoms with Crippen molar-refractivity contribution in [3.8, 4) is 0 Å². The molecular formula is C13H19BrN2. The molecule has 1 aliphatic rings. The van der Waals surface area contributed by atoms with Gasteiger partial charge in [0.25, 0.3) is 0 Å². The largest absolute Gasteiger partial charge is 0.367 e. The predicted molar refractivity (Wildman–Crippen MR) is 71.6 cm³/mol. The molecule has 1 aliphatic carbocycles. The average molecular weight is 283 g/mol. The van der Waals surface area contributed by atoms with Crippen molar-refractivity contribution in [3.63, 3.8) is 0 Å². The first-order valence-corrected chi connectivity index (χ1v) is 6.97. The SMILES string of the molecule is CCC1CCCCC1Nc1ccc(Br)cn1. The molecule has 1 heterocycles. The molecule has 2 atom stereocenters. The van der Waals surface area contributed by atoms with E-state index in [0.717, 1.165) is 16.2 Å². The number of anilines is 1. The summed E-state index contributed by atoms with van der Waals surface area (Å²) in [6.45, 7) is 2.29. The molecule has 0 saturated heterocycles. The molecule has 1 aromatic rings. The summed E-state index contributed by atoms with van der Waals surface area (Å²) in [6.07, 6.45) is 8.52. The van der Waals surface area contributed by atoms with E-state index in [-0.39, 0.29) is 0 Å². The molecule has 0 radical (unpaired) electrons. The van der Waals surface area contributed by atoms with Crippen molar-refractivity contribution in [1.29, 1.82) is 0 Å². The fraction of sp³-hybridized carbons (Fsp3) is 0.615. The van der Waals surface area contributed by atoms with Crippen molar-refractivity contribution in [3.05, 3.63) is 22.8 Å². The Balaban J connectivity index is 1.99. The van der Waals surface area contributed by atoms with E-state index >= 15 is 0 Å². The van der Waals surface area contributed by atoms with Crippen LogP contribution in [-0.2, 0) is 0 Å². The van der Waals surface area contributed by atoms with E-state index in [1.807, 2.05) is 18.3 Å². The van der Waals surface area contributed by atoms with Gasteiger partial charge in [0.05, 0.1) is 0 Å². The van der Waals surface area contributed by atoms with Crippen molar-refractivity contribution in [2.45, 2.75) is 45.1 Å². The minimum Gasteiger partial charge on any atom is -0.367 e. The maximum absolute atomic E-state index is 4.38. The molecule has 0 aromatic carbocycles. The monoisotopic (exact) mass is 282 g/mol. The first kappa shape index (κ1) is 11.9. The van der Waals surface area contributed by atoms with Crippen LogP contribution < -0.4 is 5.32 Å². The summed E-state index contributed by atoms with van der Waals surface area (Å²) < 4.78 is 1.04. The average Bonchev–Trinajstić information content (AvgIpc) is 2.33. The molecule has 1 N–H and O–H groups in total. The van der Waals surface area contributed by atoms with Crippen LogP contribution in [0.2, 0.25) is 0 Å². The van der Waals surface area contributed by atoms with Gasteiger partial charge in [0.15, 0.2) is 0 Å². The molecule has 0 amide bonds. The highest BCUT2D eigenvalue weighted by atomic mass is 79.9. The number of hydrogen-bond donors (Lipinski definition) is 1. The van der Waals surface area contributed by atoms with E-state index in [4.69, 9.17) is 0 Å².